The van der Waals surface area contributed by atoms with Gasteiger partial charge in [0.15, 0.2) is 5.78 Å². The van der Waals surface area contributed by atoms with Crippen molar-refractivity contribution in [3.8, 4) is 0 Å². The quantitative estimate of drug-likeness (QED) is 0.307. The normalized spacial score (nSPS) is 39.6. The number of nitrogens with zero attached hydrogens (tertiary/aromatic N) is 1. The molecule has 0 aliphatic heterocycles. The monoisotopic (exact) mass is 530 g/mol. The fourth-order valence-corrected chi connectivity index (χ4v) is 10.9. The molecule has 7 atom stereocenters. The van der Waals surface area contributed by atoms with Crippen LogP contribution in [0.15, 0.2) is 29.5 Å². The third-order valence-corrected chi connectivity index (χ3v) is 12.7. The number of Topliss-reactive ketones (excluding diaryl/α,β-unsaturated/α-hetero) is 1. The first-order valence-corrected chi connectivity index (χ1v) is 16.0. The molecule has 6 rings (SSSR count). The minimum Gasteiger partial charge on any atom is -0.476 e. The number of ketones is 1. The summed E-state index contributed by atoms with van der Waals surface area (Å²) in [5, 5.41) is 8.45. The highest BCUT2D eigenvalue weighted by Crippen LogP contribution is 2.71. The summed E-state index contributed by atoms with van der Waals surface area (Å²) in [5.41, 5.74) is 5.21. The van der Waals surface area contributed by atoms with Crippen molar-refractivity contribution in [2.75, 3.05) is 6.61 Å². The van der Waals surface area contributed by atoms with E-state index in [0.29, 0.717) is 47.2 Å². The number of rotatable bonds is 5. The number of nitrogens with one attached hydrogen (secondary N) is 1. The predicted octanol–water partition coefficient (Wildman–Crippen LogP) is 8.47. The molecule has 7 unspecified atom stereocenters. The molecule has 212 valence electrons. The summed E-state index contributed by atoms with van der Waals surface area (Å²) < 4.78 is 6.01. The van der Waals surface area contributed by atoms with Crippen LogP contribution in [0.25, 0.3) is 0 Å². The Labute approximate surface area is 236 Å². The van der Waals surface area contributed by atoms with E-state index in [4.69, 9.17) is 10.1 Å². The van der Waals surface area contributed by atoms with Gasteiger partial charge in [-0.1, -0.05) is 52.2 Å². The summed E-state index contributed by atoms with van der Waals surface area (Å²) in [4.78, 5) is 18.0. The van der Waals surface area contributed by atoms with E-state index in [1.165, 1.54) is 68.9 Å². The molecule has 4 nitrogen and oxygen atoms in total. The van der Waals surface area contributed by atoms with Crippen LogP contribution >= 0.6 is 0 Å². The fraction of sp³-hybridized carbons (Fsp3) is 0.743. The van der Waals surface area contributed by atoms with E-state index in [-0.39, 0.29) is 17.2 Å². The van der Waals surface area contributed by atoms with E-state index in [9.17, 15) is 4.79 Å². The van der Waals surface area contributed by atoms with Crippen LogP contribution in [0.3, 0.4) is 0 Å². The zero-order chi connectivity index (χ0) is 27.6. The Morgan fingerprint density at radius 3 is 2.62 bits per heavy atom. The number of aryl methyl sites for hydroxylation is 1. The SMILES string of the molecule is Cc1ccc(C(=N)OCCC23CCC4C(CCC5C6(C)CCCCC6CCC45C)C2=C(C(C)C)C(=O)C3)nc1. The predicted molar refractivity (Wildman–Crippen MR) is 157 cm³/mol. The summed E-state index contributed by atoms with van der Waals surface area (Å²) in [6.07, 6.45) is 16.8. The molecule has 1 aromatic heterocycles. The molecule has 5 aliphatic carbocycles. The van der Waals surface area contributed by atoms with Gasteiger partial charge in [0, 0.05) is 18.0 Å². The minimum atomic E-state index is -0.0754. The van der Waals surface area contributed by atoms with Gasteiger partial charge in [0.2, 0.25) is 5.90 Å². The molecule has 0 aromatic carbocycles. The smallest absolute Gasteiger partial charge is 0.232 e. The molecular formula is C35H50N2O2. The molecule has 1 aromatic rings. The Kier molecular flexibility index (Phi) is 6.87. The second-order valence-electron chi connectivity index (χ2n) is 14.9. The van der Waals surface area contributed by atoms with Crippen molar-refractivity contribution < 1.29 is 9.53 Å². The molecule has 5 aliphatic rings. The first kappa shape index (κ1) is 27.2. The molecule has 0 spiro atoms. The third kappa shape index (κ3) is 4.25. The van der Waals surface area contributed by atoms with Gasteiger partial charge in [-0.2, -0.15) is 0 Å². The highest BCUT2D eigenvalue weighted by molar-refractivity contribution is 6.00. The highest BCUT2D eigenvalue weighted by atomic mass is 16.5. The number of fused-ring (bicyclic) bond motifs is 7. The van der Waals surface area contributed by atoms with Gasteiger partial charge in [-0.3, -0.25) is 15.2 Å². The van der Waals surface area contributed by atoms with Gasteiger partial charge in [0.25, 0.3) is 0 Å². The molecule has 0 saturated heterocycles. The maximum absolute atomic E-state index is 13.7. The lowest BCUT2D eigenvalue weighted by Crippen LogP contribution is -2.58. The number of aromatic nitrogens is 1. The molecule has 1 heterocycles. The largest absolute Gasteiger partial charge is 0.476 e. The Bertz CT molecular complexity index is 1170. The van der Waals surface area contributed by atoms with Gasteiger partial charge in [0.05, 0.1) is 6.61 Å². The number of carbonyl (C=O) groups excluding carboxylic acids is 1. The van der Waals surface area contributed by atoms with E-state index in [2.05, 4.69) is 32.7 Å². The maximum Gasteiger partial charge on any atom is 0.232 e. The molecule has 0 radical (unpaired) electrons. The van der Waals surface area contributed by atoms with Gasteiger partial charge < -0.3 is 4.74 Å². The Morgan fingerprint density at radius 1 is 1.05 bits per heavy atom. The maximum atomic E-state index is 13.7. The van der Waals surface area contributed by atoms with Crippen molar-refractivity contribution in [2.24, 2.45) is 45.8 Å². The second kappa shape index (κ2) is 9.84. The zero-order valence-electron chi connectivity index (χ0n) is 25.1. The van der Waals surface area contributed by atoms with Crippen LogP contribution in [-0.2, 0) is 9.53 Å². The van der Waals surface area contributed by atoms with Crippen LogP contribution < -0.4 is 0 Å². The van der Waals surface area contributed by atoms with Crippen LogP contribution in [0.5, 0.6) is 0 Å². The summed E-state index contributed by atoms with van der Waals surface area (Å²) in [6, 6.07) is 3.84. The third-order valence-electron chi connectivity index (χ3n) is 12.7. The Balaban J connectivity index is 1.27. The van der Waals surface area contributed by atoms with Crippen LogP contribution in [0.1, 0.15) is 116 Å². The average molecular weight is 531 g/mol. The summed E-state index contributed by atoms with van der Waals surface area (Å²) in [7, 11) is 0. The number of hydrogen-bond acceptors (Lipinski definition) is 4. The summed E-state index contributed by atoms with van der Waals surface area (Å²) in [5.74, 6) is 3.83. The van der Waals surface area contributed by atoms with E-state index >= 15 is 0 Å². The number of ether oxygens (including phenoxy) is 1. The van der Waals surface area contributed by atoms with Crippen molar-refractivity contribution >= 4 is 11.7 Å². The van der Waals surface area contributed by atoms with Gasteiger partial charge >= 0.3 is 0 Å². The lowest BCUT2D eigenvalue weighted by molar-refractivity contribution is -0.151. The Morgan fingerprint density at radius 2 is 1.87 bits per heavy atom. The number of hydrogen-bond donors (Lipinski definition) is 1. The van der Waals surface area contributed by atoms with Gasteiger partial charge in [-0.05, 0) is 122 Å². The first-order chi connectivity index (χ1) is 18.6. The molecule has 0 amide bonds. The number of allylic oxidation sites excluding steroid dienone is 2. The van der Waals surface area contributed by atoms with Crippen LogP contribution in [0.2, 0.25) is 0 Å². The highest BCUT2D eigenvalue weighted by Gasteiger charge is 2.63. The average Bonchev–Trinajstić information content (AvgIpc) is 3.21. The molecule has 1 N–H and O–H groups in total. The van der Waals surface area contributed by atoms with Crippen molar-refractivity contribution in [3.05, 3.63) is 40.7 Å². The fourth-order valence-electron chi connectivity index (χ4n) is 10.9. The van der Waals surface area contributed by atoms with E-state index in [0.717, 1.165) is 30.2 Å². The summed E-state index contributed by atoms with van der Waals surface area (Å²) in [6.45, 7) is 12.3. The van der Waals surface area contributed by atoms with E-state index < -0.39 is 0 Å². The van der Waals surface area contributed by atoms with Crippen molar-refractivity contribution in [1.82, 2.24) is 4.98 Å². The van der Waals surface area contributed by atoms with E-state index in [1.807, 2.05) is 19.1 Å². The number of carbonyl (C=O) groups is 1. The van der Waals surface area contributed by atoms with Crippen LogP contribution in [-0.4, -0.2) is 23.3 Å². The molecule has 39 heavy (non-hydrogen) atoms. The van der Waals surface area contributed by atoms with Crippen LogP contribution in [0, 0.1) is 58.2 Å². The zero-order valence-corrected chi connectivity index (χ0v) is 25.1. The molecular weight excluding hydrogens is 480 g/mol. The van der Waals surface area contributed by atoms with Gasteiger partial charge in [-0.25, -0.2) is 0 Å². The van der Waals surface area contributed by atoms with Crippen LogP contribution in [0.4, 0.5) is 0 Å². The van der Waals surface area contributed by atoms with Crippen molar-refractivity contribution in [1.29, 1.82) is 5.41 Å². The lowest BCUT2D eigenvalue weighted by atomic mass is 9.39. The van der Waals surface area contributed by atoms with Gasteiger partial charge in [-0.15, -0.1) is 0 Å². The van der Waals surface area contributed by atoms with Crippen molar-refractivity contribution in [3.63, 3.8) is 0 Å². The first-order valence-electron chi connectivity index (χ1n) is 16.0. The Hall–Kier alpha value is -1.97. The second-order valence-corrected chi connectivity index (χ2v) is 14.9. The minimum absolute atomic E-state index is 0.0754. The number of pyridine rings is 1. The molecule has 4 heteroatoms. The standard InChI is InChI=1S/C35H50N2O2/c1-22(2)30-28(38)20-35(18-19-39-32(36)27-11-9-23(3)21-37-27)17-14-26-25(31(30)35)10-12-29-33(4)15-7-6-8-24(33)13-16-34(26,29)5/h9,11,21-22,24-26,29,36H,6-8,10,12-20H2,1-5H3. The lowest BCUT2D eigenvalue weighted by Gasteiger charge is -2.66. The molecule has 4 fully saturated rings. The van der Waals surface area contributed by atoms with Gasteiger partial charge in [0.1, 0.15) is 5.69 Å². The molecule has 0 bridgehead atoms. The summed E-state index contributed by atoms with van der Waals surface area (Å²) >= 11 is 0. The molecule has 4 saturated carbocycles. The van der Waals surface area contributed by atoms with E-state index in [1.54, 1.807) is 6.20 Å². The topological polar surface area (TPSA) is 63.0 Å². The van der Waals surface area contributed by atoms with Crippen molar-refractivity contribution in [2.45, 2.75) is 112 Å².